The third kappa shape index (κ3) is 4.14. The first-order valence-electron chi connectivity index (χ1n) is 7.05. The van der Waals surface area contributed by atoms with Crippen LogP contribution < -0.4 is 5.32 Å². The second-order valence-corrected chi connectivity index (χ2v) is 5.20. The molecule has 3 unspecified atom stereocenters. The second-order valence-electron chi connectivity index (χ2n) is 5.20. The van der Waals surface area contributed by atoms with Crippen LogP contribution in [0.15, 0.2) is 0 Å². The lowest BCUT2D eigenvalue weighted by molar-refractivity contribution is 0.327. The van der Waals surface area contributed by atoms with E-state index in [1.165, 1.54) is 51.5 Å². The molecule has 0 spiro atoms. The summed E-state index contributed by atoms with van der Waals surface area (Å²) in [5.41, 5.74) is 0. The summed E-state index contributed by atoms with van der Waals surface area (Å²) in [6.07, 6.45) is 9.80. The molecule has 15 heavy (non-hydrogen) atoms. The molecular formula is C14H29N. The van der Waals surface area contributed by atoms with Crippen molar-refractivity contribution in [3.63, 3.8) is 0 Å². The van der Waals surface area contributed by atoms with Crippen molar-refractivity contribution >= 4 is 0 Å². The van der Waals surface area contributed by atoms with E-state index < -0.39 is 0 Å². The molecule has 0 amide bonds. The molecule has 3 atom stereocenters. The normalized spacial score (nSPS) is 28.2. The van der Waals surface area contributed by atoms with Crippen LogP contribution in [0.2, 0.25) is 0 Å². The molecule has 0 aromatic rings. The summed E-state index contributed by atoms with van der Waals surface area (Å²) in [7, 11) is 0. The average molecular weight is 211 g/mol. The summed E-state index contributed by atoms with van der Waals surface area (Å²) in [5, 5.41) is 3.76. The highest BCUT2D eigenvalue weighted by Gasteiger charge is 2.28. The molecule has 0 saturated heterocycles. The minimum Gasteiger partial charge on any atom is -0.314 e. The molecule has 1 fully saturated rings. The van der Waals surface area contributed by atoms with Gasteiger partial charge in [0.05, 0.1) is 0 Å². The molecule has 1 N–H and O–H groups in total. The fraction of sp³-hybridized carbons (Fsp3) is 1.00. The van der Waals surface area contributed by atoms with Gasteiger partial charge in [-0.25, -0.2) is 0 Å². The van der Waals surface area contributed by atoms with Crippen LogP contribution in [0.25, 0.3) is 0 Å². The van der Waals surface area contributed by atoms with Crippen molar-refractivity contribution in [3.05, 3.63) is 0 Å². The minimum atomic E-state index is 0.812. The third-order valence-electron chi connectivity index (χ3n) is 3.98. The van der Waals surface area contributed by atoms with Crippen LogP contribution in [0.3, 0.4) is 0 Å². The summed E-state index contributed by atoms with van der Waals surface area (Å²) >= 11 is 0. The van der Waals surface area contributed by atoms with Gasteiger partial charge in [-0.1, -0.05) is 40.0 Å². The molecular weight excluding hydrogens is 182 g/mol. The molecule has 0 heterocycles. The van der Waals surface area contributed by atoms with Gasteiger partial charge in [0.15, 0.2) is 0 Å². The molecule has 90 valence electrons. The predicted octanol–water partition coefficient (Wildman–Crippen LogP) is 3.98. The highest BCUT2D eigenvalue weighted by Crippen LogP contribution is 2.35. The molecule has 1 rings (SSSR count). The number of rotatable bonds is 7. The van der Waals surface area contributed by atoms with Crippen molar-refractivity contribution in [2.24, 2.45) is 11.8 Å². The van der Waals surface area contributed by atoms with Crippen LogP contribution >= 0.6 is 0 Å². The van der Waals surface area contributed by atoms with Gasteiger partial charge >= 0.3 is 0 Å². The van der Waals surface area contributed by atoms with Crippen molar-refractivity contribution in [1.29, 1.82) is 0 Å². The first kappa shape index (κ1) is 13.0. The first-order chi connectivity index (χ1) is 7.31. The maximum Gasteiger partial charge on any atom is 0.00953 e. The quantitative estimate of drug-likeness (QED) is 0.671. The Morgan fingerprint density at radius 1 is 1.13 bits per heavy atom. The SMILES string of the molecule is CCCNC(CCC)C1CCC(CC)C1. The van der Waals surface area contributed by atoms with E-state index in [1.54, 1.807) is 0 Å². The number of hydrogen-bond donors (Lipinski definition) is 1. The summed E-state index contributed by atoms with van der Waals surface area (Å²) in [6.45, 7) is 8.13. The standard InChI is InChI=1S/C14H29N/c1-4-7-14(15-10-5-2)13-9-8-12(6-3)11-13/h12-15H,4-11H2,1-3H3. The van der Waals surface area contributed by atoms with E-state index in [1.807, 2.05) is 0 Å². The van der Waals surface area contributed by atoms with Crippen molar-refractivity contribution in [3.8, 4) is 0 Å². The Balaban J connectivity index is 2.34. The van der Waals surface area contributed by atoms with Gasteiger partial charge in [0, 0.05) is 6.04 Å². The zero-order valence-corrected chi connectivity index (χ0v) is 10.9. The Labute approximate surface area is 96.0 Å². The third-order valence-corrected chi connectivity index (χ3v) is 3.98. The Hall–Kier alpha value is -0.0400. The Bertz CT molecular complexity index is 155. The molecule has 1 aliphatic rings. The predicted molar refractivity (Wildman–Crippen MR) is 68.1 cm³/mol. The Morgan fingerprint density at radius 2 is 1.93 bits per heavy atom. The van der Waals surface area contributed by atoms with Gasteiger partial charge in [0.2, 0.25) is 0 Å². The molecule has 1 nitrogen and oxygen atoms in total. The molecule has 0 aromatic heterocycles. The molecule has 1 saturated carbocycles. The topological polar surface area (TPSA) is 12.0 Å². The average Bonchev–Trinajstić information content (AvgIpc) is 2.72. The monoisotopic (exact) mass is 211 g/mol. The second kappa shape index (κ2) is 7.27. The summed E-state index contributed by atoms with van der Waals surface area (Å²) in [6, 6.07) is 0.812. The van der Waals surface area contributed by atoms with Gasteiger partial charge in [-0.3, -0.25) is 0 Å². The van der Waals surface area contributed by atoms with Gasteiger partial charge in [-0.05, 0) is 44.1 Å². The van der Waals surface area contributed by atoms with Crippen molar-refractivity contribution in [2.45, 2.75) is 71.8 Å². The maximum atomic E-state index is 3.76. The lowest BCUT2D eigenvalue weighted by Gasteiger charge is -2.24. The molecule has 1 heteroatoms. The number of nitrogens with one attached hydrogen (secondary N) is 1. The molecule has 1 aliphatic carbocycles. The molecule has 0 bridgehead atoms. The van der Waals surface area contributed by atoms with Crippen LogP contribution in [0.1, 0.15) is 65.7 Å². The molecule has 0 radical (unpaired) electrons. The van der Waals surface area contributed by atoms with Crippen LogP contribution in [0.5, 0.6) is 0 Å². The maximum absolute atomic E-state index is 3.76. The fourth-order valence-corrected chi connectivity index (χ4v) is 3.00. The zero-order valence-electron chi connectivity index (χ0n) is 10.9. The first-order valence-corrected chi connectivity index (χ1v) is 7.05. The molecule has 0 aromatic carbocycles. The van der Waals surface area contributed by atoms with E-state index in [0.717, 1.165) is 17.9 Å². The lowest BCUT2D eigenvalue weighted by atomic mass is 9.92. The van der Waals surface area contributed by atoms with Gasteiger partial charge in [-0.2, -0.15) is 0 Å². The number of hydrogen-bond acceptors (Lipinski definition) is 1. The van der Waals surface area contributed by atoms with Crippen LogP contribution in [0.4, 0.5) is 0 Å². The summed E-state index contributed by atoms with van der Waals surface area (Å²) < 4.78 is 0. The fourth-order valence-electron chi connectivity index (χ4n) is 3.00. The smallest absolute Gasteiger partial charge is 0.00953 e. The Morgan fingerprint density at radius 3 is 2.47 bits per heavy atom. The highest BCUT2D eigenvalue weighted by molar-refractivity contribution is 4.84. The van der Waals surface area contributed by atoms with Crippen LogP contribution in [-0.2, 0) is 0 Å². The summed E-state index contributed by atoms with van der Waals surface area (Å²) in [4.78, 5) is 0. The molecule has 0 aliphatic heterocycles. The summed E-state index contributed by atoms with van der Waals surface area (Å²) in [5.74, 6) is 2.00. The van der Waals surface area contributed by atoms with Crippen molar-refractivity contribution in [1.82, 2.24) is 5.32 Å². The lowest BCUT2D eigenvalue weighted by Crippen LogP contribution is -2.35. The van der Waals surface area contributed by atoms with E-state index in [9.17, 15) is 0 Å². The van der Waals surface area contributed by atoms with E-state index in [0.29, 0.717) is 0 Å². The van der Waals surface area contributed by atoms with E-state index in [4.69, 9.17) is 0 Å². The largest absolute Gasteiger partial charge is 0.314 e. The van der Waals surface area contributed by atoms with Crippen LogP contribution in [0, 0.1) is 11.8 Å². The van der Waals surface area contributed by atoms with Gasteiger partial charge in [0.1, 0.15) is 0 Å². The van der Waals surface area contributed by atoms with E-state index in [-0.39, 0.29) is 0 Å². The zero-order chi connectivity index (χ0) is 11.1. The van der Waals surface area contributed by atoms with Gasteiger partial charge in [0.25, 0.3) is 0 Å². The Kier molecular flexibility index (Phi) is 6.31. The van der Waals surface area contributed by atoms with Gasteiger partial charge < -0.3 is 5.32 Å². The van der Waals surface area contributed by atoms with Gasteiger partial charge in [-0.15, -0.1) is 0 Å². The van der Waals surface area contributed by atoms with Crippen molar-refractivity contribution < 1.29 is 0 Å². The van der Waals surface area contributed by atoms with Crippen molar-refractivity contribution in [2.75, 3.05) is 6.54 Å². The van der Waals surface area contributed by atoms with Crippen LogP contribution in [-0.4, -0.2) is 12.6 Å². The minimum absolute atomic E-state index is 0.812. The van der Waals surface area contributed by atoms with E-state index in [2.05, 4.69) is 26.1 Å². The van der Waals surface area contributed by atoms with E-state index >= 15 is 0 Å². The highest BCUT2D eigenvalue weighted by atomic mass is 14.9.